The minimum absolute atomic E-state index is 0.142. The Balaban J connectivity index is 1.64. The quantitative estimate of drug-likeness (QED) is 0.616. The number of nitrogens with zero attached hydrogens (tertiary/aromatic N) is 1. The maximum Gasteiger partial charge on any atom is 0.185 e. The summed E-state index contributed by atoms with van der Waals surface area (Å²) in [7, 11) is 1.41. The van der Waals surface area contributed by atoms with Gasteiger partial charge in [-0.3, -0.25) is 9.79 Å². The van der Waals surface area contributed by atoms with Gasteiger partial charge >= 0.3 is 0 Å². The Bertz CT molecular complexity index is 847. The molecule has 2 aromatic rings. The highest BCUT2D eigenvalue weighted by atomic mass is 32.2. The number of rotatable bonds is 5. The summed E-state index contributed by atoms with van der Waals surface area (Å²) in [6, 6.07) is 11.8. The number of methoxy groups -OCH3 is 1. The molecule has 0 unspecified atom stereocenters. The van der Waals surface area contributed by atoms with Gasteiger partial charge in [0.2, 0.25) is 0 Å². The van der Waals surface area contributed by atoms with Crippen LogP contribution >= 0.6 is 11.8 Å². The third-order valence-electron chi connectivity index (χ3n) is 3.82. The number of carbonyl (C=O) groups is 1. The van der Waals surface area contributed by atoms with Crippen molar-refractivity contribution in [2.75, 3.05) is 24.7 Å². The van der Waals surface area contributed by atoms with Crippen molar-refractivity contribution in [2.24, 2.45) is 4.99 Å². The van der Waals surface area contributed by atoms with Gasteiger partial charge in [0.1, 0.15) is 0 Å². The van der Waals surface area contributed by atoms with Gasteiger partial charge in [0.05, 0.1) is 7.11 Å². The van der Waals surface area contributed by atoms with E-state index in [-0.39, 0.29) is 11.5 Å². The number of hydrogen-bond acceptors (Lipinski definition) is 5. The zero-order valence-electron chi connectivity index (χ0n) is 14.4. The van der Waals surface area contributed by atoms with Crippen molar-refractivity contribution >= 4 is 34.5 Å². The number of aliphatic imine (C=N–C) groups is 1. The molecule has 0 aliphatic carbocycles. The molecule has 0 spiro atoms. The van der Waals surface area contributed by atoms with Crippen molar-refractivity contribution in [1.29, 1.82) is 0 Å². The Morgan fingerprint density at radius 2 is 2.08 bits per heavy atom. The van der Waals surface area contributed by atoms with Gasteiger partial charge in [-0.2, -0.15) is 0 Å². The van der Waals surface area contributed by atoms with Crippen LogP contribution in [0, 0.1) is 5.82 Å². The van der Waals surface area contributed by atoms with Crippen LogP contribution in [0.5, 0.6) is 5.75 Å². The Morgan fingerprint density at radius 3 is 2.73 bits per heavy atom. The molecule has 1 N–H and O–H groups in total. The van der Waals surface area contributed by atoms with E-state index in [2.05, 4.69) is 10.3 Å². The van der Waals surface area contributed by atoms with Crippen LogP contribution in [0.3, 0.4) is 0 Å². The normalized spacial score (nSPS) is 14.2. The van der Waals surface area contributed by atoms with E-state index in [0.717, 1.165) is 29.6 Å². The summed E-state index contributed by atoms with van der Waals surface area (Å²) in [6.45, 7) is 0.850. The van der Waals surface area contributed by atoms with E-state index in [1.165, 1.54) is 25.3 Å². The first-order valence-electron chi connectivity index (χ1n) is 8.26. The number of anilines is 1. The van der Waals surface area contributed by atoms with Crippen molar-refractivity contribution < 1.29 is 13.9 Å². The van der Waals surface area contributed by atoms with Crippen LogP contribution in [0.2, 0.25) is 0 Å². The Labute approximate surface area is 156 Å². The maximum atomic E-state index is 13.7. The fourth-order valence-corrected chi connectivity index (χ4v) is 3.27. The summed E-state index contributed by atoms with van der Waals surface area (Å²) in [6.07, 6.45) is 4.13. The molecular formula is C20H19FN2O2S. The number of allylic oxidation sites excluding steroid dienone is 1. The molecule has 1 aliphatic heterocycles. The predicted molar refractivity (Wildman–Crippen MR) is 106 cm³/mol. The fourth-order valence-electron chi connectivity index (χ4n) is 2.43. The van der Waals surface area contributed by atoms with Gasteiger partial charge < -0.3 is 10.1 Å². The van der Waals surface area contributed by atoms with E-state index < -0.39 is 5.82 Å². The summed E-state index contributed by atoms with van der Waals surface area (Å²) < 4.78 is 18.6. The third-order valence-corrected chi connectivity index (χ3v) is 4.82. The lowest BCUT2D eigenvalue weighted by atomic mass is 10.1. The molecule has 2 aromatic carbocycles. The van der Waals surface area contributed by atoms with Crippen LogP contribution in [-0.4, -0.2) is 30.4 Å². The molecule has 0 radical (unpaired) electrons. The van der Waals surface area contributed by atoms with Crippen molar-refractivity contribution in [1.82, 2.24) is 0 Å². The lowest BCUT2D eigenvalue weighted by Gasteiger charge is -2.13. The second kappa shape index (κ2) is 8.67. The minimum atomic E-state index is -0.457. The number of ketones is 1. The highest BCUT2D eigenvalue weighted by Crippen LogP contribution is 2.19. The molecule has 26 heavy (non-hydrogen) atoms. The average Bonchev–Trinajstić information content (AvgIpc) is 2.67. The van der Waals surface area contributed by atoms with Gasteiger partial charge in [0.15, 0.2) is 22.5 Å². The molecule has 3 rings (SSSR count). The van der Waals surface area contributed by atoms with E-state index in [1.807, 2.05) is 12.1 Å². The molecule has 0 amide bonds. The van der Waals surface area contributed by atoms with Gasteiger partial charge in [-0.15, -0.1) is 0 Å². The average molecular weight is 370 g/mol. The van der Waals surface area contributed by atoms with E-state index in [4.69, 9.17) is 4.74 Å². The van der Waals surface area contributed by atoms with Crippen molar-refractivity contribution in [3.05, 3.63) is 65.5 Å². The van der Waals surface area contributed by atoms with Crippen LogP contribution in [-0.2, 0) is 0 Å². The van der Waals surface area contributed by atoms with Crippen LogP contribution < -0.4 is 10.1 Å². The molecule has 0 bridgehead atoms. The Hall–Kier alpha value is -2.60. The largest absolute Gasteiger partial charge is 0.494 e. The molecule has 0 fully saturated rings. The minimum Gasteiger partial charge on any atom is -0.494 e. The topological polar surface area (TPSA) is 50.7 Å². The third kappa shape index (κ3) is 4.73. The molecular weight excluding hydrogens is 351 g/mol. The molecule has 0 atom stereocenters. The lowest BCUT2D eigenvalue weighted by Crippen LogP contribution is -2.13. The number of amidine groups is 1. The van der Waals surface area contributed by atoms with Crippen LogP contribution in [0.15, 0.2) is 53.5 Å². The molecule has 6 heteroatoms. The smallest absolute Gasteiger partial charge is 0.185 e. The standard InChI is InChI=1S/C20H19FN2O2S/c1-25-19-10-4-14(13-17(19)21)3-9-18(24)15-5-7-16(8-6-15)23-20-22-11-2-12-26-20/h3-10,13H,2,11-12H2,1H3,(H,22,23)/b9-3+. The second-order valence-corrected chi connectivity index (χ2v) is 6.77. The molecule has 0 saturated carbocycles. The van der Waals surface area contributed by atoms with Gasteiger partial charge in [0.25, 0.3) is 0 Å². The first-order chi connectivity index (χ1) is 12.7. The number of nitrogens with one attached hydrogen (secondary N) is 1. The summed E-state index contributed by atoms with van der Waals surface area (Å²) in [5, 5.41) is 4.17. The molecule has 1 heterocycles. The number of thioether (sulfide) groups is 1. The summed E-state index contributed by atoms with van der Waals surface area (Å²) in [4.78, 5) is 16.7. The fraction of sp³-hybridized carbons (Fsp3) is 0.200. The summed E-state index contributed by atoms with van der Waals surface area (Å²) in [5.74, 6) is 0.648. The summed E-state index contributed by atoms with van der Waals surface area (Å²) in [5.41, 5.74) is 2.07. The molecule has 1 aliphatic rings. The molecule has 4 nitrogen and oxygen atoms in total. The van der Waals surface area contributed by atoms with Gasteiger partial charge in [-0.05, 0) is 54.5 Å². The van der Waals surface area contributed by atoms with Crippen LogP contribution in [0.25, 0.3) is 6.08 Å². The number of carbonyl (C=O) groups excluding carboxylic acids is 1. The predicted octanol–water partition coefficient (Wildman–Crippen LogP) is 4.64. The van der Waals surface area contributed by atoms with Crippen LogP contribution in [0.4, 0.5) is 10.1 Å². The van der Waals surface area contributed by atoms with Crippen molar-refractivity contribution in [2.45, 2.75) is 6.42 Å². The second-order valence-electron chi connectivity index (χ2n) is 5.68. The zero-order chi connectivity index (χ0) is 18.4. The molecule has 134 valence electrons. The van der Waals surface area contributed by atoms with Gasteiger partial charge in [-0.1, -0.05) is 23.9 Å². The lowest BCUT2D eigenvalue weighted by molar-refractivity contribution is 0.104. The maximum absolute atomic E-state index is 13.7. The zero-order valence-corrected chi connectivity index (χ0v) is 15.2. The van der Waals surface area contributed by atoms with Gasteiger partial charge in [-0.25, -0.2) is 4.39 Å². The molecule has 0 aromatic heterocycles. The van der Waals surface area contributed by atoms with E-state index in [1.54, 1.807) is 36.0 Å². The highest BCUT2D eigenvalue weighted by molar-refractivity contribution is 8.14. The SMILES string of the molecule is COc1ccc(/C=C/C(=O)c2ccc(NC3=NCCCS3)cc2)cc1F. The monoisotopic (exact) mass is 370 g/mol. The van der Waals surface area contributed by atoms with E-state index >= 15 is 0 Å². The number of halogens is 1. The summed E-state index contributed by atoms with van der Waals surface area (Å²) >= 11 is 1.70. The Kier molecular flexibility index (Phi) is 6.07. The van der Waals surface area contributed by atoms with Crippen LogP contribution in [0.1, 0.15) is 22.3 Å². The number of benzene rings is 2. The number of hydrogen-bond donors (Lipinski definition) is 1. The van der Waals surface area contributed by atoms with E-state index in [9.17, 15) is 9.18 Å². The molecule has 0 saturated heterocycles. The Morgan fingerprint density at radius 1 is 1.27 bits per heavy atom. The van der Waals surface area contributed by atoms with Gasteiger partial charge in [0, 0.05) is 23.5 Å². The van der Waals surface area contributed by atoms with E-state index in [0.29, 0.717) is 11.1 Å². The number of ether oxygens (including phenoxy) is 1. The van der Waals surface area contributed by atoms with Crippen molar-refractivity contribution in [3.63, 3.8) is 0 Å². The first kappa shape index (κ1) is 18.2. The first-order valence-corrected chi connectivity index (χ1v) is 9.24. The highest BCUT2D eigenvalue weighted by Gasteiger charge is 2.07. The van der Waals surface area contributed by atoms with Crippen molar-refractivity contribution in [3.8, 4) is 5.75 Å².